The van der Waals surface area contributed by atoms with Crippen molar-refractivity contribution in [3.05, 3.63) is 48.2 Å². The Morgan fingerprint density at radius 3 is 2.75 bits per heavy atom. The van der Waals surface area contributed by atoms with Crippen molar-refractivity contribution in [2.24, 2.45) is 0 Å². The lowest BCUT2D eigenvalue weighted by atomic mass is 10.0. The predicted molar refractivity (Wildman–Crippen MR) is 99.8 cm³/mol. The Labute approximate surface area is 162 Å². The fourth-order valence-corrected chi connectivity index (χ4v) is 2.92. The minimum absolute atomic E-state index is 0.259. The number of carbonyl (C=O) groups excluding carboxylic acids is 1. The number of amides is 1. The summed E-state index contributed by atoms with van der Waals surface area (Å²) >= 11 is 0.992. The molecule has 4 aromatic rings. The molecule has 0 aliphatic rings. The molecule has 3 aromatic heterocycles. The van der Waals surface area contributed by atoms with Crippen molar-refractivity contribution in [2.45, 2.75) is 13.8 Å². The molecule has 0 bridgehead atoms. The highest BCUT2D eigenvalue weighted by Gasteiger charge is 2.13. The summed E-state index contributed by atoms with van der Waals surface area (Å²) in [7, 11) is 0. The number of ether oxygens (including phenoxy) is 1. The Morgan fingerprint density at radius 1 is 1.18 bits per heavy atom. The van der Waals surface area contributed by atoms with Crippen LogP contribution < -0.4 is 10.1 Å². The predicted octanol–water partition coefficient (Wildman–Crippen LogP) is 3.27. The molecule has 0 atom stereocenters. The average Bonchev–Trinajstić information content (AvgIpc) is 3.36. The largest absolute Gasteiger partial charge is 0.423 e. The molecule has 0 aliphatic heterocycles. The Balaban J connectivity index is 1.51. The van der Waals surface area contributed by atoms with Gasteiger partial charge in [0.2, 0.25) is 17.3 Å². The third-order valence-corrected chi connectivity index (χ3v) is 4.51. The molecule has 0 radical (unpaired) electrons. The van der Waals surface area contributed by atoms with Gasteiger partial charge in [-0.3, -0.25) is 10.3 Å². The molecular formula is C17H13N7O3S. The summed E-state index contributed by atoms with van der Waals surface area (Å²) in [5.74, 6) is 0.678. The standard InChI is InChI=1S/C17H13N7O3S/c1-9-3-4-11(15-23-20-8-26-15)5-12(9)13-6-19-14(7-18-13)21-17(25)27-16-10(2)22-24-28-16/h3-8H,1-2H3,(H,19,21,25). The molecule has 1 N–H and O–H groups in total. The zero-order valence-electron chi connectivity index (χ0n) is 14.8. The molecule has 3 heterocycles. The fraction of sp³-hybridized carbons (Fsp3) is 0.118. The summed E-state index contributed by atoms with van der Waals surface area (Å²) in [5.41, 5.74) is 3.83. The van der Waals surface area contributed by atoms with Crippen LogP contribution in [0.5, 0.6) is 5.06 Å². The van der Waals surface area contributed by atoms with Crippen LogP contribution in [0.3, 0.4) is 0 Å². The summed E-state index contributed by atoms with van der Waals surface area (Å²) in [6, 6.07) is 5.72. The van der Waals surface area contributed by atoms with E-state index in [-0.39, 0.29) is 5.82 Å². The van der Waals surface area contributed by atoms with Gasteiger partial charge < -0.3 is 9.15 Å². The molecular weight excluding hydrogens is 382 g/mol. The number of anilines is 1. The topological polar surface area (TPSA) is 129 Å². The third-order valence-electron chi connectivity index (χ3n) is 3.80. The first-order chi connectivity index (χ1) is 13.6. The van der Waals surface area contributed by atoms with Crippen LogP contribution >= 0.6 is 11.5 Å². The van der Waals surface area contributed by atoms with Crippen LogP contribution in [-0.4, -0.2) is 35.8 Å². The number of carbonyl (C=O) groups is 1. The van der Waals surface area contributed by atoms with Gasteiger partial charge in [0.15, 0.2) is 5.82 Å². The van der Waals surface area contributed by atoms with Crippen LogP contribution in [0.4, 0.5) is 10.6 Å². The first-order valence-electron chi connectivity index (χ1n) is 8.07. The second-order valence-corrected chi connectivity index (χ2v) is 6.44. The van der Waals surface area contributed by atoms with Crippen LogP contribution in [-0.2, 0) is 0 Å². The third kappa shape index (κ3) is 3.69. The maximum Gasteiger partial charge on any atom is 0.419 e. The molecule has 11 heteroatoms. The van der Waals surface area contributed by atoms with Crippen molar-refractivity contribution in [1.82, 2.24) is 29.8 Å². The highest BCUT2D eigenvalue weighted by atomic mass is 32.1. The van der Waals surface area contributed by atoms with Gasteiger partial charge in [-0.2, -0.15) is 0 Å². The number of rotatable bonds is 4. The molecule has 0 spiro atoms. The molecule has 0 aliphatic carbocycles. The zero-order chi connectivity index (χ0) is 19.5. The molecule has 1 amide bonds. The van der Waals surface area contributed by atoms with Gasteiger partial charge in [-0.05, 0) is 31.5 Å². The molecule has 0 saturated carbocycles. The van der Waals surface area contributed by atoms with Crippen molar-refractivity contribution in [3.63, 3.8) is 0 Å². The summed E-state index contributed by atoms with van der Waals surface area (Å²) in [4.78, 5) is 20.5. The quantitative estimate of drug-likeness (QED) is 0.553. The van der Waals surface area contributed by atoms with Gasteiger partial charge in [-0.15, -0.1) is 15.3 Å². The van der Waals surface area contributed by atoms with Gasteiger partial charge in [-0.25, -0.2) is 9.78 Å². The minimum atomic E-state index is -0.689. The van der Waals surface area contributed by atoms with Crippen LogP contribution in [0.15, 0.2) is 41.4 Å². The second kappa shape index (κ2) is 7.48. The average molecular weight is 395 g/mol. The summed E-state index contributed by atoms with van der Waals surface area (Å²) in [6.45, 7) is 3.66. The number of hydrogen-bond acceptors (Lipinski definition) is 10. The van der Waals surface area contributed by atoms with Gasteiger partial charge in [0.1, 0.15) is 5.69 Å². The Bertz CT molecular complexity index is 1110. The first kappa shape index (κ1) is 17.7. The van der Waals surface area contributed by atoms with Gasteiger partial charge >= 0.3 is 6.09 Å². The molecule has 28 heavy (non-hydrogen) atoms. The number of benzene rings is 1. The van der Waals surface area contributed by atoms with E-state index in [1.54, 1.807) is 13.1 Å². The molecule has 140 valence electrons. The summed E-state index contributed by atoms with van der Waals surface area (Å²) in [5, 5.41) is 14.2. The maximum absolute atomic E-state index is 11.9. The lowest BCUT2D eigenvalue weighted by molar-refractivity contribution is 0.216. The van der Waals surface area contributed by atoms with E-state index in [0.717, 1.165) is 28.2 Å². The molecule has 4 rings (SSSR count). The highest BCUT2D eigenvalue weighted by Crippen LogP contribution is 2.27. The van der Waals surface area contributed by atoms with E-state index >= 15 is 0 Å². The van der Waals surface area contributed by atoms with Crippen molar-refractivity contribution in [3.8, 4) is 27.8 Å². The molecule has 0 unspecified atom stereocenters. The number of hydrogen-bond donors (Lipinski definition) is 1. The molecule has 10 nitrogen and oxygen atoms in total. The van der Waals surface area contributed by atoms with E-state index in [1.165, 1.54) is 12.6 Å². The van der Waals surface area contributed by atoms with Crippen LogP contribution in [0.1, 0.15) is 11.3 Å². The van der Waals surface area contributed by atoms with E-state index in [4.69, 9.17) is 9.15 Å². The van der Waals surface area contributed by atoms with E-state index in [2.05, 4.69) is 35.1 Å². The summed E-state index contributed by atoms with van der Waals surface area (Å²) in [6.07, 6.45) is 3.60. The van der Waals surface area contributed by atoms with E-state index in [1.807, 2.05) is 25.1 Å². The SMILES string of the molecule is Cc1ccc(-c2nnco2)cc1-c1cnc(NC(=O)Oc2snnc2C)cn1. The van der Waals surface area contributed by atoms with Crippen molar-refractivity contribution < 1.29 is 13.9 Å². The van der Waals surface area contributed by atoms with Gasteiger partial charge in [0, 0.05) is 22.7 Å². The minimum Gasteiger partial charge on any atom is -0.423 e. The van der Waals surface area contributed by atoms with Crippen LogP contribution in [0, 0.1) is 13.8 Å². The zero-order valence-corrected chi connectivity index (χ0v) is 15.6. The molecule has 0 saturated heterocycles. The van der Waals surface area contributed by atoms with Crippen LogP contribution in [0.25, 0.3) is 22.7 Å². The smallest absolute Gasteiger partial charge is 0.419 e. The monoisotopic (exact) mass is 395 g/mol. The van der Waals surface area contributed by atoms with Crippen molar-refractivity contribution in [2.75, 3.05) is 5.32 Å². The van der Waals surface area contributed by atoms with E-state index in [0.29, 0.717) is 22.3 Å². The summed E-state index contributed by atoms with van der Waals surface area (Å²) < 4.78 is 14.1. The molecule has 1 aromatic carbocycles. The van der Waals surface area contributed by atoms with Gasteiger partial charge in [0.05, 0.1) is 18.1 Å². The number of aryl methyl sites for hydroxylation is 2. The first-order valence-corrected chi connectivity index (χ1v) is 8.85. The maximum atomic E-state index is 11.9. The van der Waals surface area contributed by atoms with Gasteiger partial charge in [-0.1, -0.05) is 10.6 Å². The van der Waals surface area contributed by atoms with E-state index in [9.17, 15) is 4.79 Å². The fourth-order valence-electron chi connectivity index (χ4n) is 2.39. The van der Waals surface area contributed by atoms with Crippen molar-refractivity contribution in [1.29, 1.82) is 0 Å². The Morgan fingerprint density at radius 2 is 2.07 bits per heavy atom. The Hall–Kier alpha value is -3.73. The lowest BCUT2D eigenvalue weighted by Gasteiger charge is -2.08. The van der Waals surface area contributed by atoms with Crippen LogP contribution in [0.2, 0.25) is 0 Å². The van der Waals surface area contributed by atoms with Gasteiger partial charge in [0.25, 0.3) is 0 Å². The van der Waals surface area contributed by atoms with E-state index < -0.39 is 6.09 Å². The Kier molecular flexibility index (Phi) is 4.72. The number of nitrogens with one attached hydrogen (secondary N) is 1. The number of aromatic nitrogens is 6. The molecule has 0 fully saturated rings. The second-order valence-electron chi connectivity index (χ2n) is 5.72. The lowest BCUT2D eigenvalue weighted by Crippen LogP contribution is -2.17. The highest BCUT2D eigenvalue weighted by molar-refractivity contribution is 7.07. The number of nitrogens with zero attached hydrogens (tertiary/aromatic N) is 6. The normalized spacial score (nSPS) is 10.6. The van der Waals surface area contributed by atoms with Crippen molar-refractivity contribution >= 4 is 23.4 Å².